The van der Waals surface area contributed by atoms with Crippen molar-refractivity contribution in [2.75, 3.05) is 11.9 Å². The zero-order valence-electron chi connectivity index (χ0n) is 18.4. The van der Waals surface area contributed by atoms with Crippen molar-refractivity contribution < 1.29 is 14.5 Å². The van der Waals surface area contributed by atoms with Gasteiger partial charge in [-0.3, -0.25) is 14.9 Å². The summed E-state index contributed by atoms with van der Waals surface area (Å²) in [6.07, 6.45) is 1.32. The number of hydrogen-bond acceptors (Lipinski definition) is 8. The molecule has 0 unspecified atom stereocenters. The second-order valence-electron chi connectivity index (χ2n) is 7.09. The minimum Gasteiger partial charge on any atom is -0.492 e. The molecular formula is C25H18N4O4S2. The zero-order chi connectivity index (χ0) is 24.8. The molecule has 0 saturated carbocycles. The van der Waals surface area contributed by atoms with Crippen molar-refractivity contribution in [1.29, 1.82) is 5.26 Å². The van der Waals surface area contributed by atoms with E-state index in [0.717, 1.165) is 10.2 Å². The van der Waals surface area contributed by atoms with Gasteiger partial charge in [0.05, 0.1) is 32.3 Å². The maximum atomic E-state index is 12.7. The van der Waals surface area contributed by atoms with E-state index in [0.29, 0.717) is 32.8 Å². The van der Waals surface area contributed by atoms with Gasteiger partial charge in [-0.25, -0.2) is 4.98 Å². The summed E-state index contributed by atoms with van der Waals surface area (Å²) in [4.78, 5) is 28.9. The summed E-state index contributed by atoms with van der Waals surface area (Å²) in [7, 11) is 0. The van der Waals surface area contributed by atoms with Gasteiger partial charge >= 0.3 is 0 Å². The topological polar surface area (TPSA) is 118 Å². The normalized spacial score (nSPS) is 11.1. The fourth-order valence-electron chi connectivity index (χ4n) is 3.20. The molecule has 0 atom stereocenters. The summed E-state index contributed by atoms with van der Waals surface area (Å²) in [6, 6.07) is 20.9. The van der Waals surface area contributed by atoms with E-state index in [1.807, 2.05) is 37.3 Å². The molecule has 0 saturated heterocycles. The number of hydrogen-bond donors (Lipinski definition) is 1. The molecule has 4 rings (SSSR count). The number of ether oxygens (including phenoxy) is 1. The van der Waals surface area contributed by atoms with Crippen molar-refractivity contribution in [2.24, 2.45) is 0 Å². The van der Waals surface area contributed by atoms with Crippen LogP contribution in [-0.2, 0) is 4.79 Å². The van der Waals surface area contributed by atoms with Gasteiger partial charge in [0.15, 0.2) is 4.34 Å². The van der Waals surface area contributed by atoms with Crippen molar-refractivity contribution >= 4 is 56.7 Å². The Morgan fingerprint density at radius 3 is 2.74 bits per heavy atom. The first-order valence-electron chi connectivity index (χ1n) is 10.5. The van der Waals surface area contributed by atoms with E-state index >= 15 is 0 Å². The Kier molecular flexibility index (Phi) is 7.40. The number of carbonyl (C=O) groups is 1. The first-order valence-corrected chi connectivity index (χ1v) is 12.1. The second kappa shape index (κ2) is 10.8. The lowest BCUT2D eigenvalue weighted by Gasteiger charge is -2.10. The number of carbonyl (C=O) groups excluding carboxylic acids is 1. The third-order valence-corrected chi connectivity index (χ3v) is 6.92. The molecule has 4 aromatic rings. The summed E-state index contributed by atoms with van der Waals surface area (Å²) in [5, 5.41) is 24.0. The maximum Gasteiger partial charge on any atom is 0.283 e. The summed E-state index contributed by atoms with van der Waals surface area (Å²) in [5.41, 5.74) is 1.28. The summed E-state index contributed by atoms with van der Waals surface area (Å²) >= 11 is 2.65. The highest BCUT2D eigenvalue weighted by Crippen LogP contribution is 2.39. The van der Waals surface area contributed by atoms with Crippen molar-refractivity contribution in [3.05, 3.63) is 88.0 Å². The van der Waals surface area contributed by atoms with E-state index in [2.05, 4.69) is 10.3 Å². The van der Waals surface area contributed by atoms with E-state index in [9.17, 15) is 20.2 Å². The molecular weight excluding hydrogens is 484 g/mol. The van der Waals surface area contributed by atoms with Crippen molar-refractivity contribution in [2.45, 2.75) is 16.2 Å². The van der Waals surface area contributed by atoms with Gasteiger partial charge in [0.1, 0.15) is 17.4 Å². The Bertz CT molecular complexity index is 1460. The molecule has 0 aliphatic heterocycles. The van der Waals surface area contributed by atoms with Crippen molar-refractivity contribution in [3.8, 4) is 11.8 Å². The number of benzene rings is 3. The molecule has 1 aromatic heterocycles. The second-order valence-corrected chi connectivity index (χ2v) is 9.41. The number of fused-ring (bicyclic) bond motifs is 1. The number of rotatable bonds is 8. The lowest BCUT2D eigenvalue weighted by Crippen LogP contribution is -2.14. The maximum absolute atomic E-state index is 12.7. The largest absolute Gasteiger partial charge is 0.492 e. The van der Waals surface area contributed by atoms with Crippen molar-refractivity contribution in [3.63, 3.8) is 0 Å². The summed E-state index contributed by atoms with van der Waals surface area (Å²) in [5.74, 6) is -0.164. The Labute approximate surface area is 209 Å². The van der Waals surface area contributed by atoms with Crippen molar-refractivity contribution in [1.82, 2.24) is 4.98 Å². The number of aromatic nitrogens is 1. The van der Waals surface area contributed by atoms with Gasteiger partial charge in [-0.1, -0.05) is 42.1 Å². The highest BCUT2D eigenvalue weighted by atomic mass is 32.2. The van der Waals surface area contributed by atoms with Crippen LogP contribution in [0.15, 0.2) is 81.5 Å². The molecule has 1 N–H and O–H groups in total. The molecule has 0 spiro atoms. The van der Waals surface area contributed by atoms with Crippen LogP contribution in [0.25, 0.3) is 16.3 Å². The predicted octanol–water partition coefficient (Wildman–Crippen LogP) is 6.30. The highest BCUT2D eigenvalue weighted by molar-refractivity contribution is 8.01. The number of nitro groups is 1. The van der Waals surface area contributed by atoms with Gasteiger partial charge < -0.3 is 10.1 Å². The number of nitrogens with one attached hydrogen (secondary N) is 1. The Morgan fingerprint density at radius 1 is 1.23 bits per heavy atom. The summed E-state index contributed by atoms with van der Waals surface area (Å²) < 4.78 is 7.17. The predicted molar refractivity (Wildman–Crippen MR) is 137 cm³/mol. The fraction of sp³-hybridized carbons (Fsp3) is 0.0800. The van der Waals surface area contributed by atoms with Crippen LogP contribution in [0.3, 0.4) is 0 Å². The molecule has 10 heteroatoms. The summed E-state index contributed by atoms with van der Waals surface area (Å²) in [6.45, 7) is 2.24. The van der Waals surface area contributed by atoms with E-state index in [1.54, 1.807) is 36.4 Å². The van der Waals surface area contributed by atoms with Crippen LogP contribution < -0.4 is 10.1 Å². The molecule has 0 bridgehead atoms. The third-order valence-electron chi connectivity index (χ3n) is 4.76. The van der Waals surface area contributed by atoms with Gasteiger partial charge in [-0.15, -0.1) is 11.3 Å². The number of amides is 1. The van der Waals surface area contributed by atoms with Crippen LogP contribution >= 0.6 is 23.1 Å². The van der Waals surface area contributed by atoms with Crippen LogP contribution in [0.4, 0.5) is 11.4 Å². The lowest BCUT2D eigenvalue weighted by atomic mass is 10.1. The van der Waals surface area contributed by atoms with E-state index < -0.39 is 10.8 Å². The number of nitriles is 1. The number of anilines is 1. The lowest BCUT2D eigenvalue weighted by molar-refractivity contribution is -0.387. The molecule has 0 aliphatic rings. The molecule has 1 amide bonds. The Hall–Kier alpha value is -4.20. The molecule has 1 heterocycles. The molecule has 0 fully saturated rings. The van der Waals surface area contributed by atoms with Crippen LogP contribution in [0.5, 0.6) is 5.75 Å². The first-order chi connectivity index (χ1) is 17.0. The number of nitro benzene ring substituents is 1. The Morgan fingerprint density at radius 2 is 2.00 bits per heavy atom. The van der Waals surface area contributed by atoms with Gasteiger partial charge in [0.25, 0.3) is 11.6 Å². The standard InChI is InChI=1S/C25H18N4O4S2/c1-2-33-21-9-5-3-7-18(21)27-24(30)17(15-26)13-16-11-12-23(20(14-16)29(31)32)35-25-28-19-8-4-6-10-22(19)34-25/h3-14H,2H2,1H3,(H,27,30)/b17-13-. The number of nitrogens with zero attached hydrogens (tertiary/aromatic N) is 3. The molecule has 0 radical (unpaired) electrons. The van der Waals surface area contributed by atoms with Gasteiger partial charge in [-0.05, 0) is 48.9 Å². The smallest absolute Gasteiger partial charge is 0.283 e. The molecule has 174 valence electrons. The van der Waals surface area contributed by atoms with Gasteiger partial charge in [0.2, 0.25) is 0 Å². The highest BCUT2D eigenvalue weighted by Gasteiger charge is 2.19. The van der Waals surface area contributed by atoms with Crippen LogP contribution in [0.1, 0.15) is 12.5 Å². The average Bonchev–Trinajstić information content (AvgIpc) is 3.27. The zero-order valence-corrected chi connectivity index (χ0v) is 20.1. The SMILES string of the molecule is CCOc1ccccc1NC(=O)/C(C#N)=C\c1ccc(Sc2nc3ccccc3s2)c([N+](=O)[O-])c1. The third kappa shape index (κ3) is 5.66. The van der Waals surface area contributed by atoms with Crippen LogP contribution in [0.2, 0.25) is 0 Å². The number of para-hydroxylation sites is 3. The first kappa shape index (κ1) is 23.9. The minimum atomic E-state index is -0.643. The van der Waals surface area contributed by atoms with E-state index in [-0.39, 0.29) is 11.3 Å². The van der Waals surface area contributed by atoms with E-state index in [4.69, 9.17) is 4.74 Å². The minimum absolute atomic E-state index is 0.137. The quantitative estimate of drug-likeness (QED) is 0.130. The average molecular weight is 503 g/mol. The molecule has 8 nitrogen and oxygen atoms in total. The van der Waals surface area contributed by atoms with Gasteiger partial charge in [-0.2, -0.15) is 5.26 Å². The Balaban J connectivity index is 1.59. The van der Waals surface area contributed by atoms with E-state index in [1.165, 1.54) is 35.2 Å². The number of thiazole rings is 1. The van der Waals surface area contributed by atoms with Gasteiger partial charge in [0, 0.05) is 6.07 Å². The molecule has 0 aliphatic carbocycles. The monoisotopic (exact) mass is 502 g/mol. The van der Waals surface area contributed by atoms with Crippen LogP contribution in [0, 0.1) is 21.4 Å². The molecule has 3 aromatic carbocycles. The fourth-order valence-corrected chi connectivity index (χ4v) is 5.31. The molecule has 35 heavy (non-hydrogen) atoms. The van der Waals surface area contributed by atoms with Crippen LogP contribution in [-0.4, -0.2) is 22.4 Å².